The fourth-order valence-electron chi connectivity index (χ4n) is 1.27. The molecule has 0 aliphatic carbocycles. The molecule has 0 atom stereocenters. The lowest BCUT2D eigenvalue weighted by Crippen LogP contribution is -2.12. The van der Waals surface area contributed by atoms with Crippen LogP contribution >= 0.6 is 27.7 Å². The molecule has 1 aromatic heterocycles. The van der Waals surface area contributed by atoms with Crippen molar-refractivity contribution in [2.45, 2.75) is 17.0 Å². The number of H-pyrrole nitrogens is 1. The molecule has 6 nitrogen and oxygen atoms in total. The highest BCUT2D eigenvalue weighted by molar-refractivity contribution is 9.10. The van der Waals surface area contributed by atoms with Crippen LogP contribution in [0.3, 0.4) is 0 Å². The van der Waals surface area contributed by atoms with Crippen LogP contribution < -0.4 is 5.73 Å². The van der Waals surface area contributed by atoms with Crippen molar-refractivity contribution in [2.75, 3.05) is 0 Å². The number of oxime groups is 1. The number of benzene rings is 1. The number of aryl methyl sites for hydroxylation is 1. The fraction of sp³-hybridized carbons (Fsp3) is 0.100. The summed E-state index contributed by atoms with van der Waals surface area (Å²) in [4.78, 5) is 5.16. The smallest absolute Gasteiger partial charge is 0.213 e. The number of nitrogens with zero attached hydrogens (tertiary/aromatic N) is 3. The summed E-state index contributed by atoms with van der Waals surface area (Å²) in [6.45, 7) is 1.84. The summed E-state index contributed by atoms with van der Waals surface area (Å²) >= 11 is 4.85. The minimum absolute atomic E-state index is 0.0704. The van der Waals surface area contributed by atoms with E-state index in [4.69, 9.17) is 10.9 Å². The summed E-state index contributed by atoms with van der Waals surface area (Å²) in [5.41, 5.74) is 6.15. The van der Waals surface area contributed by atoms with Crippen LogP contribution in [0.2, 0.25) is 0 Å². The van der Waals surface area contributed by atoms with Crippen molar-refractivity contribution in [3.63, 3.8) is 0 Å². The highest BCUT2D eigenvalue weighted by atomic mass is 79.9. The van der Waals surface area contributed by atoms with Gasteiger partial charge in [-0.2, -0.15) is 0 Å². The van der Waals surface area contributed by atoms with E-state index in [1.807, 2.05) is 13.0 Å². The predicted molar refractivity (Wildman–Crippen MR) is 71.9 cm³/mol. The van der Waals surface area contributed by atoms with Crippen LogP contribution in [0.1, 0.15) is 11.4 Å². The van der Waals surface area contributed by atoms with Crippen LogP contribution in [0.5, 0.6) is 0 Å². The second kappa shape index (κ2) is 5.40. The van der Waals surface area contributed by atoms with Crippen LogP contribution in [0.25, 0.3) is 0 Å². The maximum atomic E-state index is 8.60. The number of halogens is 1. The van der Waals surface area contributed by atoms with Gasteiger partial charge in [0.1, 0.15) is 5.82 Å². The van der Waals surface area contributed by atoms with Gasteiger partial charge in [-0.25, -0.2) is 4.98 Å². The molecule has 2 aromatic rings. The molecule has 2 rings (SSSR count). The molecule has 0 aliphatic rings. The van der Waals surface area contributed by atoms with Gasteiger partial charge in [0.25, 0.3) is 0 Å². The molecule has 0 spiro atoms. The first-order valence-electron chi connectivity index (χ1n) is 4.94. The molecule has 0 unspecified atom stereocenters. The lowest BCUT2D eigenvalue weighted by molar-refractivity contribution is 0.318. The number of amidine groups is 1. The lowest BCUT2D eigenvalue weighted by atomic mass is 10.2. The van der Waals surface area contributed by atoms with E-state index in [0.717, 1.165) is 15.2 Å². The average molecular weight is 328 g/mol. The predicted octanol–water partition coefficient (Wildman–Crippen LogP) is 2.12. The van der Waals surface area contributed by atoms with Crippen molar-refractivity contribution in [3.8, 4) is 0 Å². The summed E-state index contributed by atoms with van der Waals surface area (Å²) < 4.78 is 0.832. The van der Waals surface area contributed by atoms with Gasteiger partial charge in [0.05, 0.1) is 0 Å². The van der Waals surface area contributed by atoms with E-state index in [0.29, 0.717) is 10.7 Å². The monoisotopic (exact) mass is 327 g/mol. The minimum atomic E-state index is 0.0704. The topological polar surface area (TPSA) is 100 Å². The van der Waals surface area contributed by atoms with Crippen LogP contribution in [-0.2, 0) is 0 Å². The number of aromatic nitrogens is 3. The third-order valence-electron chi connectivity index (χ3n) is 2.11. The molecule has 0 radical (unpaired) electrons. The standard InChI is InChI=1S/C10H10BrN5OS/c1-5-13-10(15-14-5)18-8-3-2-6(4-7(8)11)9(12)16-17/h2-4,17H,1H3,(H2,12,16)(H,13,14,15). The zero-order chi connectivity index (χ0) is 13.1. The lowest BCUT2D eigenvalue weighted by Gasteiger charge is -2.04. The zero-order valence-corrected chi connectivity index (χ0v) is 11.8. The Hall–Kier alpha value is -1.54. The molecule has 0 saturated carbocycles. The second-order valence-electron chi connectivity index (χ2n) is 3.44. The Morgan fingerprint density at radius 3 is 2.89 bits per heavy atom. The fourth-order valence-corrected chi connectivity index (χ4v) is 2.65. The second-order valence-corrected chi connectivity index (χ2v) is 5.30. The number of nitrogens with one attached hydrogen (secondary N) is 1. The van der Waals surface area contributed by atoms with Gasteiger partial charge in [-0.3, -0.25) is 5.10 Å². The van der Waals surface area contributed by atoms with Crippen molar-refractivity contribution < 1.29 is 5.21 Å². The SMILES string of the molecule is Cc1nc(Sc2ccc(/C(N)=N/O)cc2Br)n[nH]1. The summed E-state index contributed by atoms with van der Waals surface area (Å²) in [5, 5.41) is 19.0. The number of aromatic amines is 1. The maximum absolute atomic E-state index is 8.60. The summed E-state index contributed by atoms with van der Waals surface area (Å²) in [7, 11) is 0. The quantitative estimate of drug-likeness (QED) is 0.347. The molecule has 18 heavy (non-hydrogen) atoms. The number of nitrogens with two attached hydrogens (primary N) is 1. The van der Waals surface area contributed by atoms with E-state index in [-0.39, 0.29) is 5.84 Å². The molecular formula is C10H10BrN5OS. The molecule has 4 N–H and O–H groups in total. The summed E-state index contributed by atoms with van der Waals surface area (Å²) in [6.07, 6.45) is 0. The van der Waals surface area contributed by atoms with Crippen LogP contribution in [0, 0.1) is 6.92 Å². The van der Waals surface area contributed by atoms with E-state index in [9.17, 15) is 0 Å². The number of hydrogen-bond acceptors (Lipinski definition) is 5. The molecule has 1 aromatic carbocycles. The molecule has 0 amide bonds. The van der Waals surface area contributed by atoms with Crippen molar-refractivity contribution in [2.24, 2.45) is 10.9 Å². The van der Waals surface area contributed by atoms with Crippen LogP contribution in [0.4, 0.5) is 0 Å². The van der Waals surface area contributed by atoms with E-state index < -0.39 is 0 Å². The normalized spacial score (nSPS) is 11.8. The molecule has 0 aliphatic heterocycles. The molecule has 1 heterocycles. The Morgan fingerprint density at radius 1 is 1.56 bits per heavy atom. The maximum Gasteiger partial charge on any atom is 0.213 e. The van der Waals surface area contributed by atoms with Crippen LogP contribution in [-0.4, -0.2) is 26.2 Å². The molecule has 0 bridgehead atoms. The third kappa shape index (κ3) is 2.82. The zero-order valence-electron chi connectivity index (χ0n) is 9.38. The highest BCUT2D eigenvalue weighted by Gasteiger charge is 2.08. The van der Waals surface area contributed by atoms with Gasteiger partial charge < -0.3 is 10.9 Å². The Balaban J connectivity index is 2.25. The molecule has 0 saturated heterocycles. The van der Waals surface area contributed by atoms with Gasteiger partial charge in [0, 0.05) is 14.9 Å². The van der Waals surface area contributed by atoms with Crippen molar-refractivity contribution in [1.29, 1.82) is 0 Å². The summed E-state index contributed by atoms with van der Waals surface area (Å²) in [5.74, 6) is 0.836. The van der Waals surface area contributed by atoms with Crippen molar-refractivity contribution in [1.82, 2.24) is 15.2 Å². The minimum Gasteiger partial charge on any atom is -0.409 e. The number of hydrogen-bond donors (Lipinski definition) is 3. The Morgan fingerprint density at radius 2 is 2.33 bits per heavy atom. The highest BCUT2D eigenvalue weighted by Crippen LogP contribution is 2.32. The Kier molecular flexibility index (Phi) is 3.87. The van der Waals surface area contributed by atoms with Crippen molar-refractivity contribution >= 4 is 33.5 Å². The first-order valence-corrected chi connectivity index (χ1v) is 6.55. The molecule has 94 valence electrons. The summed E-state index contributed by atoms with van der Waals surface area (Å²) in [6, 6.07) is 5.40. The van der Waals surface area contributed by atoms with E-state index in [2.05, 4.69) is 36.3 Å². The van der Waals surface area contributed by atoms with Crippen LogP contribution in [0.15, 0.2) is 37.9 Å². The Labute approximate surface area is 116 Å². The van der Waals surface area contributed by atoms with Gasteiger partial charge in [-0.15, -0.1) is 5.10 Å². The third-order valence-corrected chi connectivity index (χ3v) is 3.97. The van der Waals surface area contributed by atoms with Gasteiger partial charge in [-0.05, 0) is 52.8 Å². The van der Waals surface area contributed by atoms with E-state index in [1.165, 1.54) is 11.8 Å². The van der Waals surface area contributed by atoms with Gasteiger partial charge >= 0.3 is 0 Å². The van der Waals surface area contributed by atoms with E-state index >= 15 is 0 Å². The first kappa shape index (κ1) is 12.9. The largest absolute Gasteiger partial charge is 0.409 e. The average Bonchev–Trinajstić information content (AvgIpc) is 2.76. The molecule has 8 heteroatoms. The van der Waals surface area contributed by atoms with Gasteiger partial charge in [-0.1, -0.05) is 5.16 Å². The van der Waals surface area contributed by atoms with E-state index in [1.54, 1.807) is 12.1 Å². The van der Waals surface area contributed by atoms with Gasteiger partial charge in [0.15, 0.2) is 5.84 Å². The first-order chi connectivity index (χ1) is 8.60. The molecule has 0 fully saturated rings. The van der Waals surface area contributed by atoms with Gasteiger partial charge in [0.2, 0.25) is 5.16 Å². The van der Waals surface area contributed by atoms with Crippen molar-refractivity contribution in [3.05, 3.63) is 34.1 Å². The Bertz CT molecular complexity index is 598. The number of rotatable bonds is 3. The molecular weight excluding hydrogens is 318 g/mol.